The molecule has 2 N–H and O–H groups in total. The number of halogens is 1. The summed E-state index contributed by atoms with van der Waals surface area (Å²) < 4.78 is 24.3. The van der Waals surface area contributed by atoms with E-state index in [-0.39, 0.29) is 28.6 Å². The minimum Gasteiger partial charge on any atom is -0.497 e. The molecule has 2 unspecified atom stereocenters. The minimum absolute atomic E-state index is 0.00111. The van der Waals surface area contributed by atoms with Crippen molar-refractivity contribution in [2.75, 3.05) is 19.5 Å². The van der Waals surface area contributed by atoms with Gasteiger partial charge in [-0.1, -0.05) is 30.3 Å². The fraction of sp³-hybridized carbons (Fsp3) is 0.208. The normalized spacial score (nSPS) is 15.9. The second-order valence-electron chi connectivity index (χ2n) is 7.70. The molecule has 2 atom stereocenters. The number of aromatic nitrogens is 1. The summed E-state index contributed by atoms with van der Waals surface area (Å²) in [5.74, 6) is -2.65. The summed E-state index contributed by atoms with van der Waals surface area (Å²) in [5, 5.41) is 6.51. The molecule has 0 spiro atoms. The first-order chi connectivity index (χ1) is 17.3. The SMILES string of the molecule is COC(=O)c1csc(NC(=O)C(Cc2ccccc2)N2C(=O)NC(c3ccc(OC)cc3F)C2=O)n1. The second-order valence-corrected chi connectivity index (χ2v) is 8.56. The number of esters is 1. The van der Waals surface area contributed by atoms with Crippen molar-refractivity contribution in [2.24, 2.45) is 0 Å². The van der Waals surface area contributed by atoms with Crippen LogP contribution in [0.15, 0.2) is 53.9 Å². The van der Waals surface area contributed by atoms with Crippen molar-refractivity contribution in [1.82, 2.24) is 15.2 Å². The smallest absolute Gasteiger partial charge is 0.357 e. The third-order valence-electron chi connectivity index (χ3n) is 5.50. The Bertz CT molecular complexity index is 1310. The second kappa shape index (κ2) is 10.5. The predicted octanol–water partition coefficient (Wildman–Crippen LogP) is 2.92. The van der Waals surface area contributed by atoms with E-state index in [9.17, 15) is 23.6 Å². The lowest BCUT2D eigenvalue weighted by molar-refractivity contribution is -0.134. The van der Waals surface area contributed by atoms with Gasteiger partial charge >= 0.3 is 12.0 Å². The number of amides is 4. The van der Waals surface area contributed by atoms with Gasteiger partial charge in [0.2, 0.25) is 5.91 Å². The van der Waals surface area contributed by atoms with Crippen LogP contribution in [0.2, 0.25) is 0 Å². The third kappa shape index (κ3) is 5.03. The zero-order valence-electron chi connectivity index (χ0n) is 19.2. The molecule has 1 aromatic heterocycles. The van der Waals surface area contributed by atoms with Crippen LogP contribution in [-0.2, 0) is 20.7 Å². The number of methoxy groups -OCH3 is 2. The number of carbonyl (C=O) groups is 4. The number of benzene rings is 2. The number of imide groups is 1. The van der Waals surface area contributed by atoms with Crippen LogP contribution >= 0.6 is 11.3 Å². The van der Waals surface area contributed by atoms with E-state index in [4.69, 9.17) is 4.74 Å². The Morgan fingerprint density at radius 2 is 1.94 bits per heavy atom. The van der Waals surface area contributed by atoms with E-state index in [1.807, 2.05) is 0 Å². The summed E-state index contributed by atoms with van der Waals surface area (Å²) in [6.45, 7) is 0. The van der Waals surface area contributed by atoms with Crippen LogP contribution in [-0.4, -0.2) is 54.0 Å². The van der Waals surface area contributed by atoms with E-state index in [1.165, 1.54) is 31.7 Å². The van der Waals surface area contributed by atoms with Crippen LogP contribution in [0.1, 0.15) is 27.7 Å². The fourth-order valence-corrected chi connectivity index (χ4v) is 4.41. The quantitative estimate of drug-likeness (QED) is 0.351. The Kier molecular flexibility index (Phi) is 7.25. The van der Waals surface area contributed by atoms with Crippen LogP contribution < -0.4 is 15.4 Å². The van der Waals surface area contributed by atoms with Gasteiger partial charge in [-0.15, -0.1) is 11.3 Å². The van der Waals surface area contributed by atoms with Crippen molar-refractivity contribution in [3.63, 3.8) is 0 Å². The Balaban J connectivity index is 1.63. The van der Waals surface area contributed by atoms with Gasteiger partial charge in [0.15, 0.2) is 10.8 Å². The summed E-state index contributed by atoms with van der Waals surface area (Å²) >= 11 is 0.983. The van der Waals surface area contributed by atoms with Crippen LogP contribution in [0.5, 0.6) is 5.75 Å². The highest BCUT2D eigenvalue weighted by molar-refractivity contribution is 7.14. The maximum Gasteiger partial charge on any atom is 0.357 e. The number of thiazole rings is 1. The molecular weight excluding hydrogens is 491 g/mol. The number of hydrogen-bond donors (Lipinski definition) is 2. The van der Waals surface area contributed by atoms with Crippen molar-refractivity contribution >= 4 is 40.3 Å². The van der Waals surface area contributed by atoms with Crippen molar-refractivity contribution in [1.29, 1.82) is 0 Å². The zero-order chi connectivity index (χ0) is 25.8. The van der Waals surface area contributed by atoms with Gasteiger partial charge in [0.1, 0.15) is 23.7 Å². The predicted molar refractivity (Wildman–Crippen MR) is 127 cm³/mol. The molecule has 1 saturated heterocycles. The fourth-order valence-electron chi connectivity index (χ4n) is 3.73. The average Bonchev–Trinajstić information content (AvgIpc) is 3.46. The topological polar surface area (TPSA) is 127 Å². The molecule has 1 aliphatic rings. The molecule has 0 aliphatic carbocycles. The molecule has 10 nitrogen and oxygen atoms in total. The highest BCUT2D eigenvalue weighted by Crippen LogP contribution is 2.29. The summed E-state index contributed by atoms with van der Waals surface area (Å²) in [7, 11) is 2.58. The van der Waals surface area contributed by atoms with Gasteiger partial charge < -0.3 is 20.1 Å². The Labute approximate surface area is 209 Å². The van der Waals surface area contributed by atoms with Gasteiger partial charge in [0, 0.05) is 23.4 Å². The Hall–Kier alpha value is -4.32. The van der Waals surface area contributed by atoms with Crippen molar-refractivity contribution in [3.8, 4) is 5.75 Å². The van der Waals surface area contributed by atoms with Gasteiger partial charge in [-0.05, 0) is 17.7 Å². The molecule has 0 bridgehead atoms. The maximum atomic E-state index is 14.7. The zero-order valence-corrected chi connectivity index (χ0v) is 20.0. The molecule has 4 rings (SSSR count). The average molecular weight is 513 g/mol. The molecule has 12 heteroatoms. The number of anilines is 1. The summed E-state index contributed by atoms with van der Waals surface area (Å²) in [6, 6.07) is 9.28. The molecule has 2 heterocycles. The number of nitrogens with one attached hydrogen (secondary N) is 2. The van der Waals surface area contributed by atoms with E-state index in [0.717, 1.165) is 22.3 Å². The monoisotopic (exact) mass is 512 g/mol. The van der Waals surface area contributed by atoms with Gasteiger partial charge in [0.05, 0.1) is 14.2 Å². The van der Waals surface area contributed by atoms with Crippen LogP contribution in [0.3, 0.4) is 0 Å². The van der Waals surface area contributed by atoms with Gasteiger partial charge in [-0.3, -0.25) is 9.59 Å². The molecule has 0 radical (unpaired) electrons. The van der Waals surface area contributed by atoms with E-state index in [2.05, 4.69) is 20.4 Å². The molecule has 1 fully saturated rings. The van der Waals surface area contributed by atoms with Crippen LogP contribution in [0.4, 0.5) is 14.3 Å². The third-order valence-corrected chi connectivity index (χ3v) is 6.26. The van der Waals surface area contributed by atoms with Gasteiger partial charge in [0.25, 0.3) is 5.91 Å². The highest BCUT2D eigenvalue weighted by Gasteiger charge is 2.46. The first kappa shape index (κ1) is 24.8. The van der Waals surface area contributed by atoms with E-state index < -0.39 is 41.7 Å². The van der Waals surface area contributed by atoms with Crippen molar-refractivity contribution in [2.45, 2.75) is 18.5 Å². The van der Waals surface area contributed by atoms with E-state index in [1.54, 1.807) is 30.3 Å². The highest BCUT2D eigenvalue weighted by atomic mass is 32.1. The molecule has 0 saturated carbocycles. The standard InChI is InChI=1S/C24H21FN4O6S/c1-34-14-8-9-15(16(25)11-14)19-21(31)29(24(33)27-19)18(10-13-6-4-3-5-7-13)20(30)28-23-26-17(12-36-23)22(32)35-2/h3-9,11-12,18-19H,10H2,1-2H3,(H,27,33)(H,26,28,30). The number of hydrogen-bond acceptors (Lipinski definition) is 8. The van der Waals surface area contributed by atoms with Crippen LogP contribution in [0.25, 0.3) is 0 Å². The largest absolute Gasteiger partial charge is 0.497 e. The van der Waals surface area contributed by atoms with Crippen molar-refractivity contribution in [3.05, 3.63) is 76.5 Å². The lowest BCUT2D eigenvalue weighted by Crippen LogP contribution is -2.49. The van der Waals surface area contributed by atoms with E-state index in [0.29, 0.717) is 5.56 Å². The minimum atomic E-state index is -1.32. The molecule has 36 heavy (non-hydrogen) atoms. The van der Waals surface area contributed by atoms with Crippen LogP contribution in [0, 0.1) is 5.82 Å². The summed E-state index contributed by atoms with van der Waals surface area (Å²) in [6.07, 6.45) is -0.00111. The van der Waals surface area contributed by atoms with E-state index >= 15 is 0 Å². The molecular formula is C24H21FN4O6S. The number of urea groups is 1. The van der Waals surface area contributed by atoms with Gasteiger partial charge in [-0.2, -0.15) is 0 Å². The lowest BCUT2D eigenvalue weighted by atomic mass is 10.0. The number of nitrogens with zero attached hydrogens (tertiary/aromatic N) is 2. The number of carbonyl (C=O) groups excluding carboxylic acids is 4. The maximum absolute atomic E-state index is 14.7. The number of ether oxygens (including phenoxy) is 2. The molecule has 4 amide bonds. The summed E-state index contributed by atoms with van der Waals surface area (Å²) in [5.41, 5.74) is 0.632. The summed E-state index contributed by atoms with van der Waals surface area (Å²) in [4.78, 5) is 56.0. The molecule has 3 aromatic rings. The van der Waals surface area contributed by atoms with Gasteiger partial charge in [-0.25, -0.2) is 23.9 Å². The first-order valence-corrected chi connectivity index (χ1v) is 11.6. The number of rotatable bonds is 8. The van der Waals surface area contributed by atoms with Crippen molar-refractivity contribution < 1.29 is 33.0 Å². The molecule has 1 aliphatic heterocycles. The molecule has 186 valence electrons. The Morgan fingerprint density at radius 1 is 1.19 bits per heavy atom. The Morgan fingerprint density at radius 3 is 2.61 bits per heavy atom. The lowest BCUT2D eigenvalue weighted by Gasteiger charge is -2.24. The molecule has 2 aromatic carbocycles. The first-order valence-electron chi connectivity index (χ1n) is 10.7.